The lowest BCUT2D eigenvalue weighted by molar-refractivity contribution is 0.0765. The van der Waals surface area contributed by atoms with Crippen LogP contribution in [-0.4, -0.2) is 64.1 Å². The third-order valence-corrected chi connectivity index (χ3v) is 7.16. The summed E-state index contributed by atoms with van der Waals surface area (Å²) in [6.45, 7) is 7.17. The van der Waals surface area contributed by atoms with Gasteiger partial charge in [0.25, 0.3) is 0 Å². The van der Waals surface area contributed by atoms with E-state index in [-0.39, 0.29) is 12.0 Å². The van der Waals surface area contributed by atoms with Crippen molar-refractivity contribution in [2.75, 3.05) is 39.1 Å². The largest absolute Gasteiger partial charge is 0.496 e. The first-order valence-electron chi connectivity index (χ1n) is 11.0. The standard InChI is InChI=1S/C23H26ClN7O2/c1-12-19-22(26)27-11-28-23(19)31(29-12)13(2)16-6-18(24)17(7-25)20(21(16)32-3)14-8-30(9-14)15-4-5-33-10-15/h6,11,13-15H,4-5,8-10H2,1-3H3,(H2,26,27,28)/t13-,15?/m1/s1. The number of nitrogens with two attached hydrogens (primary N) is 1. The van der Waals surface area contributed by atoms with E-state index in [9.17, 15) is 5.26 Å². The zero-order valence-corrected chi connectivity index (χ0v) is 19.6. The maximum atomic E-state index is 9.91. The zero-order chi connectivity index (χ0) is 23.3. The van der Waals surface area contributed by atoms with Gasteiger partial charge in [0.05, 0.1) is 41.4 Å². The number of nitrogens with zero attached hydrogens (tertiary/aromatic N) is 6. The Morgan fingerprint density at radius 1 is 1.36 bits per heavy atom. The van der Waals surface area contributed by atoms with Crippen LogP contribution >= 0.6 is 11.6 Å². The Labute approximate surface area is 197 Å². The Bertz CT molecular complexity index is 1260. The summed E-state index contributed by atoms with van der Waals surface area (Å²) < 4.78 is 13.3. The number of likely N-dealkylation sites (tertiary alicyclic amines) is 1. The van der Waals surface area contributed by atoms with Gasteiger partial charge in [-0.05, 0) is 26.3 Å². The molecule has 2 saturated heterocycles. The van der Waals surface area contributed by atoms with E-state index in [0.717, 1.165) is 54.9 Å². The number of nitriles is 1. The van der Waals surface area contributed by atoms with Crippen LogP contribution < -0.4 is 10.5 Å². The lowest BCUT2D eigenvalue weighted by atomic mass is 9.84. The molecule has 172 valence electrons. The second-order valence-corrected chi connectivity index (χ2v) is 9.12. The van der Waals surface area contributed by atoms with Crippen molar-refractivity contribution in [3.8, 4) is 11.8 Å². The van der Waals surface area contributed by atoms with Gasteiger partial charge in [-0.2, -0.15) is 10.4 Å². The molecule has 0 amide bonds. The highest BCUT2D eigenvalue weighted by Crippen LogP contribution is 2.44. The molecule has 1 aromatic carbocycles. The zero-order valence-electron chi connectivity index (χ0n) is 18.9. The molecule has 3 aromatic rings. The van der Waals surface area contributed by atoms with Crippen LogP contribution in [0.25, 0.3) is 11.0 Å². The number of benzene rings is 1. The summed E-state index contributed by atoms with van der Waals surface area (Å²) in [5.74, 6) is 1.24. The molecule has 2 atom stereocenters. The number of aryl methyl sites for hydroxylation is 1. The maximum Gasteiger partial charge on any atom is 0.164 e. The molecule has 0 radical (unpaired) electrons. The fourth-order valence-electron chi connectivity index (χ4n) is 5.09. The first-order chi connectivity index (χ1) is 15.9. The first kappa shape index (κ1) is 21.9. The summed E-state index contributed by atoms with van der Waals surface area (Å²) in [7, 11) is 1.64. The highest BCUT2D eigenvalue weighted by molar-refractivity contribution is 6.32. The van der Waals surface area contributed by atoms with Crippen molar-refractivity contribution in [1.29, 1.82) is 5.26 Å². The van der Waals surface area contributed by atoms with Crippen molar-refractivity contribution in [2.45, 2.75) is 38.3 Å². The van der Waals surface area contributed by atoms with Gasteiger partial charge in [-0.1, -0.05) is 11.6 Å². The van der Waals surface area contributed by atoms with Crippen LogP contribution in [0.3, 0.4) is 0 Å². The summed E-state index contributed by atoms with van der Waals surface area (Å²) in [4.78, 5) is 10.9. The van der Waals surface area contributed by atoms with Crippen LogP contribution in [0.4, 0.5) is 5.82 Å². The van der Waals surface area contributed by atoms with Gasteiger partial charge in [0.1, 0.15) is 24.0 Å². The first-order valence-corrected chi connectivity index (χ1v) is 11.4. The van der Waals surface area contributed by atoms with E-state index in [4.69, 9.17) is 31.9 Å². The lowest BCUT2D eigenvalue weighted by Crippen LogP contribution is -2.51. The van der Waals surface area contributed by atoms with Gasteiger partial charge in [0.15, 0.2) is 5.65 Å². The van der Waals surface area contributed by atoms with Crippen molar-refractivity contribution >= 4 is 28.5 Å². The van der Waals surface area contributed by atoms with Gasteiger partial charge < -0.3 is 15.2 Å². The molecule has 2 aliphatic heterocycles. The quantitative estimate of drug-likeness (QED) is 0.608. The van der Waals surface area contributed by atoms with Crippen molar-refractivity contribution in [2.24, 2.45) is 0 Å². The highest BCUT2D eigenvalue weighted by atomic mass is 35.5. The Morgan fingerprint density at radius 3 is 2.82 bits per heavy atom. The Balaban J connectivity index is 1.58. The molecule has 4 heterocycles. The Morgan fingerprint density at radius 2 is 2.15 bits per heavy atom. The number of halogens is 1. The van der Waals surface area contributed by atoms with E-state index in [2.05, 4.69) is 20.9 Å². The molecule has 0 spiro atoms. The van der Waals surface area contributed by atoms with Gasteiger partial charge in [0.2, 0.25) is 0 Å². The van der Waals surface area contributed by atoms with Crippen LogP contribution in [0.15, 0.2) is 12.4 Å². The Kier molecular flexibility index (Phi) is 5.60. The second-order valence-electron chi connectivity index (χ2n) is 8.71. The summed E-state index contributed by atoms with van der Waals surface area (Å²) >= 11 is 6.65. The molecular weight excluding hydrogens is 442 g/mol. The van der Waals surface area contributed by atoms with Gasteiger partial charge in [-0.15, -0.1) is 0 Å². The van der Waals surface area contributed by atoms with E-state index in [1.54, 1.807) is 7.11 Å². The predicted octanol–water partition coefficient (Wildman–Crippen LogP) is 3.05. The molecule has 2 aliphatic rings. The maximum absolute atomic E-state index is 9.91. The van der Waals surface area contributed by atoms with Gasteiger partial charge in [0, 0.05) is 42.8 Å². The number of aromatic nitrogens is 4. The minimum absolute atomic E-state index is 0.161. The fourth-order valence-corrected chi connectivity index (χ4v) is 5.35. The van der Waals surface area contributed by atoms with Gasteiger partial charge >= 0.3 is 0 Å². The number of rotatable bonds is 5. The average molecular weight is 468 g/mol. The van der Waals surface area contributed by atoms with Crippen molar-refractivity contribution in [3.05, 3.63) is 39.8 Å². The van der Waals surface area contributed by atoms with Gasteiger partial charge in [-0.25, -0.2) is 14.6 Å². The molecular formula is C23H26ClN7O2. The number of fused-ring (bicyclic) bond motifs is 1. The van der Waals surface area contributed by atoms with Crippen molar-refractivity contribution in [1.82, 2.24) is 24.6 Å². The Hall–Kier alpha value is -2.93. The molecule has 2 aromatic heterocycles. The highest BCUT2D eigenvalue weighted by Gasteiger charge is 2.39. The van der Waals surface area contributed by atoms with Crippen LogP contribution in [0, 0.1) is 18.3 Å². The smallest absolute Gasteiger partial charge is 0.164 e. The minimum Gasteiger partial charge on any atom is -0.496 e. The molecule has 0 aliphatic carbocycles. The molecule has 2 N–H and O–H groups in total. The van der Waals surface area contributed by atoms with E-state index in [0.29, 0.717) is 33.8 Å². The lowest BCUT2D eigenvalue weighted by Gasteiger charge is -2.44. The SMILES string of the molecule is COc1c([C@@H](C)n2nc(C)c3c(N)ncnc32)cc(Cl)c(C#N)c1C1CN(C2CCOC2)C1. The van der Waals surface area contributed by atoms with Crippen LogP contribution in [0.2, 0.25) is 5.02 Å². The third-order valence-electron chi connectivity index (χ3n) is 6.86. The summed E-state index contributed by atoms with van der Waals surface area (Å²) in [5.41, 5.74) is 9.67. The molecule has 10 heteroatoms. The monoisotopic (exact) mass is 467 g/mol. The van der Waals surface area contributed by atoms with Crippen molar-refractivity contribution in [3.63, 3.8) is 0 Å². The number of anilines is 1. The third kappa shape index (κ3) is 3.50. The molecule has 33 heavy (non-hydrogen) atoms. The number of methoxy groups -OCH3 is 1. The summed E-state index contributed by atoms with van der Waals surface area (Å²) in [6.07, 6.45) is 2.48. The number of hydrogen-bond donors (Lipinski definition) is 1. The minimum atomic E-state index is -0.256. The average Bonchev–Trinajstić information content (AvgIpc) is 3.41. The van der Waals surface area contributed by atoms with Crippen LogP contribution in [-0.2, 0) is 4.74 Å². The molecule has 2 fully saturated rings. The molecule has 1 unspecified atom stereocenters. The number of hydrogen-bond acceptors (Lipinski definition) is 8. The molecule has 5 rings (SSSR count). The van der Waals surface area contributed by atoms with E-state index in [1.165, 1.54) is 6.33 Å². The normalized spacial score (nSPS) is 20.0. The van der Waals surface area contributed by atoms with Crippen LogP contribution in [0.5, 0.6) is 5.75 Å². The fraction of sp³-hybridized carbons (Fsp3) is 0.478. The van der Waals surface area contributed by atoms with E-state index >= 15 is 0 Å². The number of ether oxygens (including phenoxy) is 2. The van der Waals surface area contributed by atoms with E-state index in [1.807, 2.05) is 24.6 Å². The predicted molar refractivity (Wildman–Crippen MR) is 125 cm³/mol. The van der Waals surface area contributed by atoms with Crippen molar-refractivity contribution < 1.29 is 9.47 Å². The molecule has 0 saturated carbocycles. The topological polar surface area (TPSA) is 115 Å². The molecule has 0 bridgehead atoms. The number of nitrogen functional groups attached to an aromatic ring is 1. The van der Waals surface area contributed by atoms with E-state index < -0.39 is 0 Å². The second kappa shape index (κ2) is 8.45. The van der Waals surface area contributed by atoms with Gasteiger partial charge in [-0.3, -0.25) is 4.90 Å². The van der Waals surface area contributed by atoms with Crippen LogP contribution in [0.1, 0.15) is 47.7 Å². The summed E-state index contributed by atoms with van der Waals surface area (Å²) in [6, 6.07) is 4.30. The molecule has 9 nitrogen and oxygen atoms in total. The summed E-state index contributed by atoms with van der Waals surface area (Å²) in [5, 5.41) is 15.8.